The van der Waals surface area contributed by atoms with Gasteiger partial charge in [0.2, 0.25) is 0 Å². The summed E-state index contributed by atoms with van der Waals surface area (Å²) in [5.74, 6) is -0.323. The number of carbonyl (C=O) groups is 1. The fourth-order valence-corrected chi connectivity index (χ4v) is 2.14. The predicted molar refractivity (Wildman–Crippen MR) is 71.7 cm³/mol. The van der Waals surface area contributed by atoms with E-state index in [1.165, 1.54) is 7.11 Å². The lowest BCUT2D eigenvalue weighted by atomic mass is 9.85. The van der Waals surface area contributed by atoms with Gasteiger partial charge in [-0.25, -0.2) is 0 Å². The van der Waals surface area contributed by atoms with Gasteiger partial charge in [-0.3, -0.25) is 4.79 Å². The third-order valence-corrected chi connectivity index (χ3v) is 3.62. The number of nitriles is 1. The first kappa shape index (κ1) is 14.2. The summed E-state index contributed by atoms with van der Waals surface area (Å²) < 4.78 is 10.4. The van der Waals surface area contributed by atoms with Crippen molar-refractivity contribution < 1.29 is 19.4 Å². The van der Waals surface area contributed by atoms with Gasteiger partial charge in [0.05, 0.1) is 37.6 Å². The maximum atomic E-state index is 11.4. The Morgan fingerprint density at radius 2 is 2.40 bits per heavy atom. The second-order valence-corrected chi connectivity index (χ2v) is 4.96. The maximum absolute atomic E-state index is 11.4. The second kappa shape index (κ2) is 5.39. The topological polar surface area (TPSA) is 91.6 Å². The van der Waals surface area contributed by atoms with E-state index < -0.39 is 17.4 Å². The van der Waals surface area contributed by atoms with E-state index in [2.05, 4.69) is 11.4 Å². The van der Waals surface area contributed by atoms with E-state index in [0.717, 1.165) is 0 Å². The summed E-state index contributed by atoms with van der Waals surface area (Å²) >= 11 is 0. The lowest BCUT2D eigenvalue weighted by Gasteiger charge is -2.26. The molecule has 1 aliphatic rings. The molecule has 0 amide bonds. The van der Waals surface area contributed by atoms with E-state index in [0.29, 0.717) is 17.0 Å². The summed E-state index contributed by atoms with van der Waals surface area (Å²) in [5.41, 5.74) is -0.0317. The smallest absolute Gasteiger partial charge is 0.313 e. The molecule has 1 heterocycles. The standard InChI is InChI=1S/C14H16N2O4/c1-14(13(17)18)8-20-7-12(14)16-11-5-10(19-2)4-3-9(11)6-15/h3-5,12,16H,7-8H2,1-2H3,(H,17,18). The van der Waals surface area contributed by atoms with E-state index in [4.69, 9.17) is 14.7 Å². The van der Waals surface area contributed by atoms with Gasteiger partial charge in [-0.05, 0) is 19.1 Å². The first-order valence-electron chi connectivity index (χ1n) is 6.17. The van der Waals surface area contributed by atoms with E-state index >= 15 is 0 Å². The Hall–Kier alpha value is -2.26. The summed E-state index contributed by atoms with van der Waals surface area (Å²) in [5, 5.41) is 21.6. The Labute approximate surface area is 116 Å². The van der Waals surface area contributed by atoms with Crippen LogP contribution in [0.25, 0.3) is 0 Å². The van der Waals surface area contributed by atoms with E-state index in [1.807, 2.05) is 0 Å². The van der Waals surface area contributed by atoms with Crippen molar-refractivity contribution in [1.29, 1.82) is 5.26 Å². The number of benzene rings is 1. The van der Waals surface area contributed by atoms with Gasteiger partial charge >= 0.3 is 5.97 Å². The number of hydrogen-bond acceptors (Lipinski definition) is 5. The lowest BCUT2D eigenvalue weighted by molar-refractivity contribution is -0.148. The minimum Gasteiger partial charge on any atom is -0.497 e. The molecule has 1 aliphatic heterocycles. The van der Waals surface area contributed by atoms with Crippen molar-refractivity contribution in [3.8, 4) is 11.8 Å². The average molecular weight is 276 g/mol. The van der Waals surface area contributed by atoms with Crippen LogP contribution in [-0.2, 0) is 9.53 Å². The van der Waals surface area contributed by atoms with Gasteiger partial charge in [-0.1, -0.05) is 0 Å². The highest BCUT2D eigenvalue weighted by Crippen LogP contribution is 2.33. The van der Waals surface area contributed by atoms with Crippen LogP contribution in [0.3, 0.4) is 0 Å². The van der Waals surface area contributed by atoms with Crippen LogP contribution in [0, 0.1) is 16.7 Å². The number of ether oxygens (including phenoxy) is 2. The van der Waals surface area contributed by atoms with Crippen molar-refractivity contribution in [3.05, 3.63) is 23.8 Å². The Morgan fingerprint density at radius 3 is 3.00 bits per heavy atom. The Bertz CT molecular complexity index is 567. The summed E-state index contributed by atoms with van der Waals surface area (Å²) in [6.45, 7) is 2.06. The highest BCUT2D eigenvalue weighted by molar-refractivity contribution is 5.77. The molecule has 6 heteroatoms. The quantitative estimate of drug-likeness (QED) is 0.865. The van der Waals surface area contributed by atoms with Gasteiger partial charge < -0.3 is 19.9 Å². The van der Waals surface area contributed by atoms with Gasteiger partial charge in [0.25, 0.3) is 0 Å². The molecule has 0 spiro atoms. The number of rotatable bonds is 4. The molecular weight excluding hydrogens is 260 g/mol. The molecule has 2 atom stereocenters. The van der Waals surface area contributed by atoms with Crippen LogP contribution in [-0.4, -0.2) is 37.4 Å². The normalized spacial score (nSPS) is 24.9. The molecule has 1 saturated heterocycles. The SMILES string of the molecule is COc1ccc(C#N)c(NC2COCC2(C)C(=O)O)c1. The van der Waals surface area contributed by atoms with E-state index in [-0.39, 0.29) is 13.2 Å². The number of carboxylic acid groups (broad SMARTS) is 1. The molecule has 0 aliphatic carbocycles. The molecule has 6 nitrogen and oxygen atoms in total. The highest BCUT2D eigenvalue weighted by Gasteiger charge is 2.46. The lowest BCUT2D eigenvalue weighted by Crippen LogP contribution is -2.43. The Morgan fingerprint density at radius 1 is 1.65 bits per heavy atom. The van der Waals surface area contributed by atoms with Crippen LogP contribution >= 0.6 is 0 Å². The molecular formula is C14H16N2O4. The summed E-state index contributed by atoms with van der Waals surface area (Å²) in [6.07, 6.45) is 0. The maximum Gasteiger partial charge on any atom is 0.313 e. The molecule has 1 aromatic carbocycles. The second-order valence-electron chi connectivity index (χ2n) is 4.96. The van der Waals surface area contributed by atoms with Crippen LogP contribution in [0.2, 0.25) is 0 Å². The highest BCUT2D eigenvalue weighted by atomic mass is 16.5. The molecule has 0 radical (unpaired) electrons. The molecule has 2 unspecified atom stereocenters. The molecule has 1 fully saturated rings. The van der Waals surface area contributed by atoms with Crippen LogP contribution < -0.4 is 10.1 Å². The molecule has 0 bridgehead atoms. The molecule has 2 rings (SSSR count). The van der Waals surface area contributed by atoms with Crippen molar-refractivity contribution in [2.24, 2.45) is 5.41 Å². The van der Waals surface area contributed by atoms with E-state index in [9.17, 15) is 9.90 Å². The van der Waals surface area contributed by atoms with Crippen molar-refractivity contribution in [1.82, 2.24) is 0 Å². The number of hydrogen-bond donors (Lipinski definition) is 2. The summed E-state index contributed by atoms with van der Waals surface area (Å²) in [6, 6.07) is 6.67. The van der Waals surface area contributed by atoms with Crippen LogP contribution in [0.4, 0.5) is 5.69 Å². The fourth-order valence-electron chi connectivity index (χ4n) is 2.14. The Kier molecular flexibility index (Phi) is 3.81. The Balaban J connectivity index is 2.30. The predicted octanol–water partition coefficient (Wildman–Crippen LogP) is 1.47. The molecule has 106 valence electrons. The van der Waals surface area contributed by atoms with Crippen LogP contribution in [0.1, 0.15) is 12.5 Å². The number of aliphatic carboxylic acids is 1. The zero-order valence-corrected chi connectivity index (χ0v) is 11.3. The van der Waals surface area contributed by atoms with Gasteiger partial charge in [-0.2, -0.15) is 5.26 Å². The minimum absolute atomic E-state index is 0.145. The number of nitrogens with zero attached hydrogens (tertiary/aromatic N) is 1. The first-order chi connectivity index (χ1) is 9.51. The van der Waals surface area contributed by atoms with Gasteiger partial charge in [0.1, 0.15) is 17.2 Å². The largest absolute Gasteiger partial charge is 0.497 e. The van der Waals surface area contributed by atoms with Crippen molar-refractivity contribution >= 4 is 11.7 Å². The number of anilines is 1. The van der Waals surface area contributed by atoms with E-state index in [1.54, 1.807) is 25.1 Å². The summed E-state index contributed by atoms with van der Waals surface area (Å²) in [7, 11) is 1.53. The monoisotopic (exact) mass is 276 g/mol. The van der Waals surface area contributed by atoms with Gasteiger partial charge in [0, 0.05) is 6.07 Å². The van der Waals surface area contributed by atoms with Crippen molar-refractivity contribution in [2.45, 2.75) is 13.0 Å². The third-order valence-electron chi connectivity index (χ3n) is 3.62. The zero-order valence-electron chi connectivity index (χ0n) is 11.3. The first-order valence-corrected chi connectivity index (χ1v) is 6.17. The van der Waals surface area contributed by atoms with Crippen LogP contribution in [0.15, 0.2) is 18.2 Å². The third kappa shape index (κ3) is 2.40. The van der Waals surface area contributed by atoms with Crippen LogP contribution in [0.5, 0.6) is 5.75 Å². The molecule has 1 aromatic rings. The molecule has 2 N–H and O–H groups in total. The number of nitrogens with one attached hydrogen (secondary N) is 1. The molecule has 20 heavy (non-hydrogen) atoms. The molecule has 0 aromatic heterocycles. The minimum atomic E-state index is -1.02. The zero-order chi connectivity index (χ0) is 14.8. The van der Waals surface area contributed by atoms with Crippen molar-refractivity contribution in [3.63, 3.8) is 0 Å². The fraction of sp³-hybridized carbons (Fsp3) is 0.429. The van der Waals surface area contributed by atoms with Gasteiger partial charge in [-0.15, -0.1) is 0 Å². The van der Waals surface area contributed by atoms with Gasteiger partial charge in [0.15, 0.2) is 0 Å². The average Bonchev–Trinajstić information content (AvgIpc) is 2.81. The van der Waals surface area contributed by atoms with Crippen molar-refractivity contribution in [2.75, 3.05) is 25.6 Å². The summed E-state index contributed by atoms with van der Waals surface area (Å²) in [4.78, 5) is 11.4. The molecule has 0 saturated carbocycles. The number of carboxylic acids is 1. The number of methoxy groups -OCH3 is 1.